The lowest BCUT2D eigenvalue weighted by Gasteiger charge is -1.98. The molecule has 0 spiro atoms. The summed E-state index contributed by atoms with van der Waals surface area (Å²) >= 11 is 1.50. The SMILES string of the molecule is Cc1sc2ncn(/N=C/c3ccc(-c4ccc(F)cc4)o3)c(=O)c2c1C. The number of rotatable bonds is 3. The number of furan rings is 1. The molecular weight excluding hydrogens is 353 g/mol. The number of thiophene rings is 1. The van der Waals surface area contributed by atoms with E-state index < -0.39 is 0 Å². The Morgan fingerprint density at radius 1 is 1.19 bits per heavy atom. The minimum atomic E-state index is -0.302. The summed E-state index contributed by atoms with van der Waals surface area (Å²) in [6, 6.07) is 9.52. The van der Waals surface area contributed by atoms with E-state index in [2.05, 4.69) is 10.1 Å². The van der Waals surface area contributed by atoms with Crippen LogP contribution >= 0.6 is 11.3 Å². The Balaban J connectivity index is 1.66. The molecule has 0 fully saturated rings. The molecule has 5 nitrogen and oxygen atoms in total. The minimum absolute atomic E-state index is 0.210. The monoisotopic (exact) mass is 367 g/mol. The zero-order valence-electron chi connectivity index (χ0n) is 14.1. The van der Waals surface area contributed by atoms with Crippen LogP contribution in [0.15, 0.2) is 57.0 Å². The predicted molar refractivity (Wildman–Crippen MR) is 100 cm³/mol. The first-order valence-corrected chi connectivity index (χ1v) is 8.72. The van der Waals surface area contributed by atoms with Crippen molar-refractivity contribution in [2.75, 3.05) is 0 Å². The van der Waals surface area contributed by atoms with Crippen LogP contribution in [0.25, 0.3) is 21.5 Å². The van der Waals surface area contributed by atoms with Crippen molar-refractivity contribution in [1.29, 1.82) is 0 Å². The Kier molecular flexibility index (Phi) is 4.00. The maximum Gasteiger partial charge on any atom is 0.282 e. The van der Waals surface area contributed by atoms with Gasteiger partial charge in [0.15, 0.2) is 0 Å². The first kappa shape index (κ1) is 16.4. The van der Waals surface area contributed by atoms with Crippen molar-refractivity contribution in [3.63, 3.8) is 0 Å². The van der Waals surface area contributed by atoms with Gasteiger partial charge in [0.05, 0.1) is 11.6 Å². The van der Waals surface area contributed by atoms with Gasteiger partial charge in [-0.3, -0.25) is 4.79 Å². The van der Waals surface area contributed by atoms with E-state index >= 15 is 0 Å². The highest BCUT2D eigenvalue weighted by atomic mass is 32.1. The van der Waals surface area contributed by atoms with E-state index in [1.54, 1.807) is 24.3 Å². The number of hydrogen-bond acceptors (Lipinski definition) is 5. The number of fused-ring (bicyclic) bond motifs is 1. The largest absolute Gasteiger partial charge is 0.455 e. The lowest BCUT2D eigenvalue weighted by atomic mass is 10.2. The Bertz CT molecular complexity index is 1190. The maximum absolute atomic E-state index is 13.0. The molecule has 4 aromatic rings. The molecule has 0 amide bonds. The van der Waals surface area contributed by atoms with Gasteiger partial charge in [-0.25, -0.2) is 9.37 Å². The Morgan fingerprint density at radius 3 is 2.73 bits per heavy atom. The van der Waals surface area contributed by atoms with Gasteiger partial charge in [0, 0.05) is 10.4 Å². The van der Waals surface area contributed by atoms with Crippen LogP contribution in [0.1, 0.15) is 16.2 Å². The van der Waals surface area contributed by atoms with Gasteiger partial charge in [0.25, 0.3) is 5.56 Å². The fourth-order valence-corrected chi connectivity index (χ4v) is 3.61. The molecule has 26 heavy (non-hydrogen) atoms. The molecule has 3 heterocycles. The molecule has 0 unspecified atom stereocenters. The molecule has 0 saturated heterocycles. The molecule has 0 N–H and O–H groups in total. The van der Waals surface area contributed by atoms with Crippen LogP contribution in [0.2, 0.25) is 0 Å². The van der Waals surface area contributed by atoms with Gasteiger partial charge in [-0.15, -0.1) is 11.3 Å². The summed E-state index contributed by atoms with van der Waals surface area (Å²) in [6.45, 7) is 3.88. The molecule has 4 rings (SSSR count). The van der Waals surface area contributed by atoms with Crippen LogP contribution in [0, 0.1) is 19.7 Å². The molecule has 0 aliphatic heterocycles. The third-order valence-electron chi connectivity index (χ3n) is 4.14. The second-order valence-electron chi connectivity index (χ2n) is 5.81. The quantitative estimate of drug-likeness (QED) is 0.506. The van der Waals surface area contributed by atoms with E-state index in [0.29, 0.717) is 21.7 Å². The van der Waals surface area contributed by atoms with E-state index in [4.69, 9.17) is 4.42 Å². The summed E-state index contributed by atoms with van der Waals surface area (Å²) in [4.78, 5) is 18.7. The number of benzene rings is 1. The van der Waals surface area contributed by atoms with Crippen LogP contribution < -0.4 is 5.56 Å². The Morgan fingerprint density at radius 2 is 1.96 bits per heavy atom. The molecule has 0 saturated carbocycles. The molecule has 7 heteroatoms. The molecule has 0 atom stereocenters. The average Bonchev–Trinajstić information content (AvgIpc) is 3.21. The molecule has 3 aromatic heterocycles. The summed E-state index contributed by atoms with van der Waals surface area (Å²) in [5.41, 5.74) is 1.48. The highest BCUT2D eigenvalue weighted by Crippen LogP contribution is 2.25. The fraction of sp³-hybridized carbons (Fsp3) is 0.105. The third-order valence-corrected chi connectivity index (χ3v) is 5.25. The third kappa shape index (κ3) is 2.86. The Hall–Kier alpha value is -3.06. The summed E-state index contributed by atoms with van der Waals surface area (Å²) < 4.78 is 19.9. The normalized spacial score (nSPS) is 11.7. The van der Waals surface area contributed by atoms with Gasteiger partial charge < -0.3 is 4.42 Å². The van der Waals surface area contributed by atoms with Crippen LogP contribution in [-0.4, -0.2) is 15.9 Å². The number of nitrogens with zero attached hydrogens (tertiary/aromatic N) is 3. The average molecular weight is 367 g/mol. The smallest absolute Gasteiger partial charge is 0.282 e. The maximum atomic E-state index is 13.0. The lowest BCUT2D eigenvalue weighted by Crippen LogP contribution is -2.16. The second kappa shape index (κ2) is 6.34. The second-order valence-corrected chi connectivity index (χ2v) is 7.01. The van der Waals surface area contributed by atoms with E-state index in [9.17, 15) is 9.18 Å². The number of aryl methyl sites for hydroxylation is 2. The fourth-order valence-electron chi connectivity index (χ4n) is 2.62. The predicted octanol–water partition coefficient (Wildman–Crippen LogP) is 4.36. The molecule has 130 valence electrons. The van der Waals surface area contributed by atoms with Crippen molar-refractivity contribution in [1.82, 2.24) is 9.66 Å². The molecule has 1 aromatic carbocycles. The molecule has 0 aliphatic carbocycles. The van der Waals surface area contributed by atoms with Crippen molar-refractivity contribution in [3.05, 3.63) is 75.1 Å². The molecule has 0 radical (unpaired) electrons. The number of hydrogen-bond donors (Lipinski definition) is 0. The zero-order chi connectivity index (χ0) is 18.3. The van der Waals surface area contributed by atoms with Crippen molar-refractivity contribution in [2.45, 2.75) is 13.8 Å². The van der Waals surface area contributed by atoms with Gasteiger partial charge in [-0.05, 0) is 55.8 Å². The van der Waals surface area contributed by atoms with Gasteiger partial charge in [-0.2, -0.15) is 9.78 Å². The van der Waals surface area contributed by atoms with Gasteiger partial charge in [-0.1, -0.05) is 0 Å². The molecule has 0 bridgehead atoms. The molecule has 0 aliphatic rings. The van der Waals surface area contributed by atoms with Crippen LogP contribution in [0.3, 0.4) is 0 Å². The van der Waals surface area contributed by atoms with Crippen LogP contribution in [-0.2, 0) is 0 Å². The minimum Gasteiger partial charge on any atom is -0.455 e. The number of aromatic nitrogens is 2. The lowest BCUT2D eigenvalue weighted by molar-refractivity contribution is 0.573. The van der Waals surface area contributed by atoms with Crippen molar-refractivity contribution in [2.24, 2.45) is 5.10 Å². The van der Waals surface area contributed by atoms with Gasteiger partial charge in [0.1, 0.15) is 28.5 Å². The van der Waals surface area contributed by atoms with Crippen molar-refractivity contribution >= 4 is 27.8 Å². The summed E-state index contributed by atoms with van der Waals surface area (Å²) in [5.74, 6) is 0.773. The van der Waals surface area contributed by atoms with E-state index in [1.165, 1.54) is 40.7 Å². The number of halogens is 1. The molecular formula is C19H14FN3O2S. The summed E-state index contributed by atoms with van der Waals surface area (Å²) in [6.07, 6.45) is 2.86. The Labute approximate surface area is 152 Å². The van der Waals surface area contributed by atoms with Crippen molar-refractivity contribution in [3.8, 4) is 11.3 Å². The highest BCUT2D eigenvalue weighted by molar-refractivity contribution is 7.18. The standard InChI is InChI=1S/C19H14FN3O2S/c1-11-12(2)26-18-17(11)19(24)23(10-21-18)22-9-15-7-8-16(25-15)13-3-5-14(20)6-4-13/h3-10H,1-2H3/b22-9+. The topological polar surface area (TPSA) is 60.4 Å². The first-order valence-electron chi connectivity index (χ1n) is 7.90. The summed E-state index contributed by atoms with van der Waals surface area (Å²) in [7, 11) is 0. The van der Waals surface area contributed by atoms with Crippen LogP contribution in [0.4, 0.5) is 4.39 Å². The first-order chi connectivity index (χ1) is 12.5. The van der Waals surface area contributed by atoms with Gasteiger partial charge >= 0.3 is 0 Å². The van der Waals surface area contributed by atoms with E-state index in [-0.39, 0.29) is 11.4 Å². The van der Waals surface area contributed by atoms with Crippen LogP contribution in [0.5, 0.6) is 0 Å². The van der Waals surface area contributed by atoms with Gasteiger partial charge in [0.2, 0.25) is 0 Å². The summed E-state index contributed by atoms with van der Waals surface area (Å²) in [5, 5.41) is 4.76. The zero-order valence-corrected chi connectivity index (χ0v) is 14.9. The highest BCUT2D eigenvalue weighted by Gasteiger charge is 2.11. The van der Waals surface area contributed by atoms with E-state index in [0.717, 1.165) is 16.0 Å². The van der Waals surface area contributed by atoms with Crippen molar-refractivity contribution < 1.29 is 8.81 Å². The van der Waals surface area contributed by atoms with E-state index in [1.807, 2.05) is 13.8 Å².